The Balaban J connectivity index is 1.43. The molecule has 0 aromatic carbocycles. The largest absolute Gasteiger partial charge is 0.329 e. The van der Waals surface area contributed by atoms with Crippen LogP contribution in [0.15, 0.2) is 43.2 Å². The number of pyridine rings is 1. The minimum Gasteiger partial charge on any atom is -0.329 e. The van der Waals surface area contributed by atoms with Crippen LogP contribution in [0, 0.1) is 0 Å². The molecule has 0 saturated carbocycles. The Labute approximate surface area is 178 Å². The third-order valence-corrected chi connectivity index (χ3v) is 5.45. The van der Waals surface area contributed by atoms with Gasteiger partial charge in [-0.15, -0.1) is 0 Å². The van der Waals surface area contributed by atoms with Crippen molar-refractivity contribution >= 4 is 28.4 Å². The predicted octanol–water partition coefficient (Wildman–Crippen LogP) is 3.03. The van der Waals surface area contributed by atoms with Crippen LogP contribution in [0.2, 0.25) is 0 Å². The first kappa shape index (κ1) is 19.1. The molecule has 1 N–H and O–H groups in total. The summed E-state index contributed by atoms with van der Waals surface area (Å²) < 4.78 is 3.81. The lowest BCUT2D eigenvalue weighted by Crippen LogP contribution is -2.14. The molecule has 1 aliphatic heterocycles. The number of nitrogens with one attached hydrogen (secondary N) is 1. The van der Waals surface area contributed by atoms with Crippen molar-refractivity contribution in [3.63, 3.8) is 0 Å². The summed E-state index contributed by atoms with van der Waals surface area (Å²) in [7, 11) is 0. The van der Waals surface area contributed by atoms with Gasteiger partial charge in [-0.3, -0.25) is 19.3 Å². The highest BCUT2D eigenvalue weighted by Crippen LogP contribution is 2.25. The van der Waals surface area contributed by atoms with E-state index < -0.39 is 0 Å². The summed E-state index contributed by atoms with van der Waals surface area (Å²) in [5, 5.41) is 7.82. The lowest BCUT2D eigenvalue weighted by molar-refractivity contribution is 0.101. The third kappa shape index (κ3) is 3.37. The second-order valence-corrected chi connectivity index (χ2v) is 7.90. The van der Waals surface area contributed by atoms with Crippen molar-refractivity contribution in [2.75, 3.05) is 5.32 Å². The molecule has 0 atom stereocenters. The fraction of sp³-hybridized carbons (Fsp3) is 0.273. The van der Waals surface area contributed by atoms with Gasteiger partial charge in [0.25, 0.3) is 5.91 Å². The van der Waals surface area contributed by atoms with Crippen LogP contribution in [-0.4, -0.2) is 41.0 Å². The molecule has 4 aromatic rings. The molecule has 5 rings (SSSR count). The van der Waals surface area contributed by atoms with Gasteiger partial charge in [-0.25, -0.2) is 9.97 Å². The van der Waals surface area contributed by atoms with Gasteiger partial charge in [-0.1, -0.05) is 0 Å². The molecule has 4 aromatic heterocycles. The molecule has 0 saturated heterocycles. The number of hydrogen-bond acceptors (Lipinski definition) is 6. The molecular formula is C22H21N7O2. The first-order valence-electron chi connectivity index (χ1n) is 10.2. The van der Waals surface area contributed by atoms with Crippen molar-refractivity contribution in [3.8, 4) is 0 Å². The molecule has 0 aliphatic carbocycles. The van der Waals surface area contributed by atoms with E-state index in [-0.39, 0.29) is 17.7 Å². The van der Waals surface area contributed by atoms with Gasteiger partial charge < -0.3 is 9.88 Å². The van der Waals surface area contributed by atoms with Crippen LogP contribution >= 0.6 is 0 Å². The molecule has 1 aliphatic rings. The van der Waals surface area contributed by atoms with Crippen LogP contribution in [-0.2, 0) is 13.0 Å². The number of fused-ring (bicyclic) bond motifs is 2. The summed E-state index contributed by atoms with van der Waals surface area (Å²) in [5.41, 5.74) is 3.45. The fourth-order valence-corrected chi connectivity index (χ4v) is 3.92. The Morgan fingerprint density at radius 3 is 2.81 bits per heavy atom. The second-order valence-electron chi connectivity index (χ2n) is 7.90. The van der Waals surface area contributed by atoms with Gasteiger partial charge in [0.15, 0.2) is 11.5 Å². The molecule has 9 nitrogen and oxygen atoms in total. The van der Waals surface area contributed by atoms with Gasteiger partial charge in [-0.2, -0.15) is 5.10 Å². The summed E-state index contributed by atoms with van der Waals surface area (Å²) >= 11 is 0. The number of ketones is 1. The number of aromatic nitrogens is 6. The highest BCUT2D eigenvalue weighted by atomic mass is 16.2. The number of hydrogen-bond donors (Lipinski definition) is 1. The number of carbonyl (C=O) groups is 2. The summed E-state index contributed by atoms with van der Waals surface area (Å²) in [5.74, 6) is -0.526. The van der Waals surface area contributed by atoms with E-state index in [1.807, 2.05) is 29.2 Å². The topological polar surface area (TPSA) is 108 Å². The van der Waals surface area contributed by atoms with Gasteiger partial charge in [0, 0.05) is 47.8 Å². The Bertz CT molecular complexity index is 1300. The molecule has 156 valence electrons. The van der Waals surface area contributed by atoms with Gasteiger partial charge in [-0.05, 0) is 38.8 Å². The fourth-order valence-electron chi connectivity index (χ4n) is 3.92. The van der Waals surface area contributed by atoms with E-state index in [0.717, 1.165) is 25.1 Å². The van der Waals surface area contributed by atoms with Crippen molar-refractivity contribution in [1.82, 2.24) is 29.3 Å². The van der Waals surface area contributed by atoms with E-state index in [9.17, 15) is 9.59 Å². The van der Waals surface area contributed by atoms with Gasteiger partial charge in [0.05, 0.1) is 17.4 Å². The molecule has 1 amide bonds. The Hall–Kier alpha value is -3.88. The molecule has 9 heteroatoms. The smallest absolute Gasteiger partial charge is 0.276 e. The highest BCUT2D eigenvalue weighted by Gasteiger charge is 2.21. The summed E-state index contributed by atoms with van der Waals surface area (Å²) in [6, 6.07) is 3.57. The molecule has 31 heavy (non-hydrogen) atoms. The SMILES string of the molecule is CC(C)n1cc(C(=O)c2cncc(NC(=O)c3cc4n(n3)CCC4)c2)c2cncnc21. The monoisotopic (exact) mass is 415 g/mol. The number of anilines is 1. The van der Waals surface area contributed by atoms with Gasteiger partial charge >= 0.3 is 0 Å². The lowest BCUT2D eigenvalue weighted by atomic mass is 10.1. The standard InChI is InChI=1S/C22H21N7O2/c1-13(2)28-11-18(17-10-24-12-25-21(17)28)20(30)14-6-15(9-23-8-14)26-22(31)19-7-16-4-3-5-29(16)27-19/h6-13H,3-5H2,1-2H3,(H,26,31). The van der Waals surface area contributed by atoms with E-state index >= 15 is 0 Å². The van der Waals surface area contributed by atoms with Gasteiger partial charge in [0.1, 0.15) is 12.0 Å². The maximum atomic E-state index is 13.3. The average Bonchev–Trinajstić information content (AvgIpc) is 3.46. The van der Waals surface area contributed by atoms with Gasteiger partial charge in [0.2, 0.25) is 0 Å². The first-order valence-corrected chi connectivity index (χ1v) is 10.2. The molecular weight excluding hydrogens is 394 g/mol. The minimum atomic E-state index is -0.321. The maximum Gasteiger partial charge on any atom is 0.276 e. The van der Waals surface area contributed by atoms with E-state index in [0.29, 0.717) is 33.5 Å². The first-order chi connectivity index (χ1) is 15.0. The van der Waals surface area contributed by atoms with Crippen molar-refractivity contribution in [2.24, 2.45) is 0 Å². The van der Waals surface area contributed by atoms with E-state index in [2.05, 4.69) is 25.4 Å². The van der Waals surface area contributed by atoms with Crippen LogP contribution in [0.5, 0.6) is 0 Å². The molecule has 0 spiro atoms. The van der Waals surface area contributed by atoms with Crippen molar-refractivity contribution in [3.05, 3.63) is 65.8 Å². The predicted molar refractivity (Wildman–Crippen MR) is 114 cm³/mol. The Kier molecular flexibility index (Phi) is 4.58. The molecule has 0 bridgehead atoms. The number of nitrogens with zero attached hydrogens (tertiary/aromatic N) is 6. The zero-order valence-electron chi connectivity index (χ0n) is 17.2. The normalized spacial score (nSPS) is 13.0. The lowest BCUT2D eigenvalue weighted by Gasteiger charge is -2.07. The second kappa shape index (κ2) is 7.42. The van der Waals surface area contributed by atoms with E-state index in [1.54, 1.807) is 18.5 Å². The number of rotatable bonds is 5. The van der Waals surface area contributed by atoms with Crippen LogP contribution in [0.3, 0.4) is 0 Å². The van der Waals surface area contributed by atoms with Crippen LogP contribution in [0.25, 0.3) is 11.0 Å². The molecule has 0 radical (unpaired) electrons. The molecule has 0 unspecified atom stereocenters. The summed E-state index contributed by atoms with van der Waals surface area (Å²) in [6.07, 6.45) is 9.90. The zero-order valence-corrected chi connectivity index (χ0v) is 17.2. The number of aryl methyl sites for hydroxylation is 2. The maximum absolute atomic E-state index is 13.3. The molecule has 5 heterocycles. The van der Waals surface area contributed by atoms with Crippen LogP contribution in [0.4, 0.5) is 5.69 Å². The Morgan fingerprint density at radius 2 is 2.00 bits per heavy atom. The summed E-state index contributed by atoms with van der Waals surface area (Å²) in [4.78, 5) is 38.4. The van der Waals surface area contributed by atoms with E-state index in [1.165, 1.54) is 18.7 Å². The minimum absolute atomic E-state index is 0.138. The molecule has 0 fully saturated rings. The zero-order chi connectivity index (χ0) is 21.5. The average molecular weight is 415 g/mol. The number of carbonyl (C=O) groups excluding carboxylic acids is 2. The van der Waals surface area contributed by atoms with Crippen molar-refractivity contribution < 1.29 is 9.59 Å². The quantitative estimate of drug-likeness (QED) is 0.502. The van der Waals surface area contributed by atoms with Crippen molar-refractivity contribution in [1.29, 1.82) is 0 Å². The summed E-state index contributed by atoms with van der Waals surface area (Å²) in [6.45, 7) is 4.89. The van der Waals surface area contributed by atoms with Crippen LogP contribution < -0.4 is 5.32 Å². The third-order valence-electron chi connectivity index (χ3n) is 5.45. The highest BCUT2D eigenvalue weighted by molar-refractivity contribution is 6.16. The van der Waals surface area contributed by atoms with Crippen molar-refractivity contribution in [2.45, 2.75) is 39.3 Å². The number of amides is 1. The van der Waals surface area contributed by atoms with Crippen LogP contribution in [0.1, 0.15) is 58.4 Å². The Morgan fingerprint density at radius 1 is 1.13 bits per heavy atom. The van der Waals surface area contributed by atoms with E-state index in [4.69, 9.17) is 0 Å².